The van der Waals surface area contributed by atoms with Gasteiger partial charge in [-0.25, -0.2) is 19.7 Å². The highest BCUT2D eigenvalue weighted by atomic mass is 32.2. The molecule has 5 rings (SSSR count). The van der Waals surface area contributed by atoms with Gasteiger partial charge in [-0.05, 0) is 107 Å². The Bertz CT molecular complexity index is 1680. The number of pyridine rings is 1. The molecule has 2 heterocycles. The molecule has 2 amide bonds. The van der Waals surface area contributed by atoms with Crippen molar-refractivity contribution < 1.29 is 14.3 Å². The number of nitrogens with one attached hydrogen (secondary N) is 3. The number of anilines is 3. The fraction of sp³-hybridized carbons (Fsp3) is 0.417. The Balaban J connectivity index is 1.41. The molecule has 0 aliphatic heterocycles. The topological polar surface area (TPSA) is 118 Å². The molecule has 1 aliphatic carbocycles. The SMILES string of the molecule is CC(C)c1ccc2c(Nc3cc(C(=O)N[C@@H](C)C4CCCCC4)ccc3Sc3ccc(NC(=O)OC(C)(C)C)cc3)ncnc2n1. The highest BCUT2D eigenvalue weighted by Gasteiger charge is 2.23. The van der Waals surface area contributed by atoms with E-state index in [4.69, 9.17) is 9.72 Å². The third-order valence-electron chi connectivity index (χ3n) is 8.05. The van der Waals surface area contributed by atoms with Gasteiger partial charge in [0.15, 0.2) is 5.65 Å². The molecule has 2 aromatic heterocycles. The van der Waals surface area contributed by atoms with Crippen LogP contribution < -0.4 is 16.0 Å². The Kier molecular flexibility index (Phi) is 10.5. The van der Waals surface area contributed by atoms with E-state index in [1.165, 1.54) is 25.6 Å². The molecule has 0 bridgehead atoms. The number of rotatable bonds is 9. The summed E-state index contributed by atoms with van der Waals surface area (Å²) < 4.78 is 5.37. The zero-order valence-electron chi connectivity index (χ0n) is 27.5. The minimum atomic E-state index is -0.581. The Morgan fingerprint density at radius 1 is 0.935 bits per heavy atom. The van der Waals surface area contributed by atoms with Gasteiger partial charge in [-0.2, -0.15) is 0 Å². The second-order valence-corrected chi connectivity index (χ2v) is 14.3. The normalized spacial score (nSPS) is 14.6. The third kappa shape index (κ3) is 8.75. The maximum atomic E-state index is 13.5. The van der Waals surface area contributed by atoms with E-state index in [1.807, 2.05) is 75.4 Å². The minimum Gasteiger partial charge on any atom is -0.444 e. The van der Waals surface area contributed by atoms with E-state index in [2.05, 4.69) is 46.7 Å². The molecule has 3 N–H and O–H groups in total. The van der Waals surface area contributed by atoms with Gasteiger partial charge in [-0.1, -0.05) is 44.9 Å². The smallest absolute Gasteiger partial charge is 0.412 e. The van der Waals surface area contributed by atoms with Crippen LogP contribution in [0.25, 0.3) is 11.0 Å². The lowest BCUT2D eigenvalue weighted by Gasteiger charge is -2.28. The molecule has 1 saturated carbocycles. The molecule has 1 aliphatic rings. The summed E-state index contributed by atoms with van der Waals surface area (Å²) in [5.74, 6) is 1.30. The fourth-order valence-corrected chi connectivity index (χ4v) is 6.44. The molecule has 9 nitrogen and oxygen atoms in total. The summed E-state index contributed by atoms with van der Waals surface area (Å²) in [6, 6.07) is 17.4. The molecule has 46 heavy (non-hydrogen) atoms. The molecule has 1 fully saturated rings. The van der Waals surface area contributed by atoms with Crippen LogP contribution >= 0.6 is 11.8 Å². The van der Waals surface area contributed by atoms with Crippen molar-refractivity contribution in [1.29, 1.82) is 0 Å². The number of ether oxygens (including phenoxy) is 1. The summed E-state index contributed by atoms with van der Waals surface area (Å²) in [7, 11) is 0. The van der Waals surface area contributed by atoms with Gasteiger partial charge >= 0.3 is 6.09 Å². The van der Waals surface area contributed by atoms with E-state index in [1.54, 1.807) is 11.8 Å². The Hall–Kier alpha value is -4.18. The molecule has 0 spiro atoms. The summed E-state index contributed by atoms with van der Waals surface area (Å²) >= 11 is 1.54. The van der Waals surface area contributed by atoms with Crippen LogP contribution in [0.1, 0.15) is 95.6 Å². The molecule has 0 saturated heterocycles. The molecular weight excluding hydrogens is 597 g/mol. The first-order chi connectivity index (χ1) is 21.9. The predicted octanol–water partition coefficient (Wildman–Crippen LogP) is 9.09. The Morgan fingerprint density at radius 2 is 1.67 bits per heavy atom. The average Bonchev–Trinajstić information content (AvgIpc) is 3.02. The van der Waals surface area contributed by atoms with Crippen molar-refractivity contribution in [3.8, 4) is 0 Å². The van der Waals surface area contributed by atoms with Gasteiger partial charge in [0.1, 0.15) is 17.7 Å². The number of hydrogen-bond donors (Lipinski definition) is 3. The van der Waals surface area contributed by atoms with Gasteiger partial charge in [0.2, 0.25) is 0 Å². The number of fused-ring (bicyclic) bond motifs is 1. The van der Waals surface area contributed by atoms with Crippen molar-refractivity contribution in [1.82, 2.24) is 20.3 Å². The maximum Gasteiger partial charge on any atom is 0.412 e. The van der Waals surface area contributed by atoms with Gasteiger partial charge in [0, 0.05) is 32.8 Å². The van der Waals surface area contributed by atoms with Crippen molar-refractivity contribution in [3.05, 3.63) is 72.2 Å². The van der Waals surface area contributed by atoms with E-state index in [9.17, 15) is 9.59 Å². The number of amides is 2. The number of nitrogens with zero attached hydrogens (tertiary/aromatic N) is 3. The summed E-state index contributed by atoms with van der Waals surface area (Å²) in [6.07, 6.45) is 7.05. The van der Waals surface area contributed by atoms with Crippen LogP contribution in [-0.2, 0) is 4.74 Å². The van der Waals surface area contributed by atoms with E-state index < -0.39 is 11.7 Å². The number of benzene rings is 2. The molecular formula is C36H44N6O3S. The molecule has 242 valence electrons. The monoisotopic (exact) mass is 640 g/mol. The Labute approximate surface area is 275 Å². The first-order valence-corrected chi connectivity index (χ1v) is 16.9. The number of hydrogen-bond acceptors (Lipinski definition) is 8. The van der Waals surface area contributed by atoms with Crippen molar-refractivity contribution >= 4 is 52.0 Å². The van der Waals surface area contributed by atoms with E-state index in [0.717, 1.165) is 39.4 Å². The standard InChI is InChI=1S/C36H44N6O3S/c1-22(2)29-18-17-28-32(41-29)37-21-38-33(28)42-30-20-25(34(43)39-23(3)24-10-8-7-9-11-24)12-19-31(30)46-27-15-13-26(14-16-27)40-35(44)45-36(4,5)6/h12-24H,7-11H2,1-6H3,(H,39,43)(H,40,44)(H,37,38,41,42)/t23-/m0/s1. The fourth-order valence-electron chi connectivity index (χ4n) is 5.56. The lowest BCUT2D eigenvalue weighted by molar-refractivity contribution is 0.0635. The molecule has 1 atom stereocenters. The summed E-state index contributed by atoms with van der Waals surface area (Å²) in [4.78, 5) is 41.3. The number of carbonyl (C=O) groups excluding carboxylic acids is 2. The van der Waals surface area contributed by atoms with Crippen LogP contribution in [0, 0.1) is 5.92 Å². The van der Waals surface area contributed by atoms with Gasteiger partial charge in [0.05, 0.1) is 11.1 Å². The van der Waals surface area contributed by atoms with Crippen LogP contribution in [0.5, 0.6) is 0 Å². The van der Waals surface area contributed by atoms with E-state index in [0.29, 0.717) is 28.6 Å². The van der Waals surface area contributed by atoms with Crippen molar-refractivity contribution in [3.63, 3.8) is 0 Å². The van der Waals surface area contributed by atoms with Gasteiger partial charge in [0.25, 0.3) is 5.91 Å². The first-order valence-electron chi connectivity index (χ1n) is 16.1. The van der Waals surface area contributed by atoms with Crippen LogP contribution in [0.15, 0.2) is 70.7 Å². The van der Waals surface area contributed by atoms with Gasteiger partial charge in [-0.3, -0.25) is 10.1 Å². The zero-order valence-corrected chi connectivity index (χ0v) is 28.3. The molecule has 2 aromatic carbocycles. The first kappa shape index (κ1) is 33.2. The van der Waals surface area contributed by atoms with Crippen molar-refractivity contribution in [2.24, 2.45) is 5.92 Å². The predicted molar refractivity (Wildman–Crippen MR) is 185 cm³/mol. The summed E-state index contributed by atoms with van der Waals surface area (Å²) in [5, 5.41) is 10.3. The molecule has 10 heteroatoms. The van der Waals surface area contributed by atoms with Crippen LogP contribution in [-0.4, -0.2) is 38.6 Å². The molecule has 0 unspecified atom stereocenters. The zero-order chi connectivity index (χ0) is 32.8. The summed E-state index contributed by atoms with van der Waals surface area (Å²) in [5.41, 5.74) is 2.95. The van der Waals surface area contributed by atoms with Crippen molar-refractivity contribution in [2.45, 2.75) is 101 Å². The second-order valence-electron chi connectivity index (χ2n) is 13.2. The van der Waals surface area contributed by atoms with E-state index in [-0.39, 0.29) is 17.9 Å². The number of carbonyl (C=O) groups is 2. The average molecular weight is 641 g/mol. The molecule has 0 radical (unpaired) electrons. The lowest BCUT2D eigenvalue weighted by Crippen LogP contribution is -2.38. The van der Waals surface area contributed by atoms with Gasteiger partial charge < -0.3 is 15.4 Å². The number of aromatic nitrogens is 3. The van der Waals surface area contributed by atoms with E-state index >= 15 is 0 Å². The Morgan fingerprint density at radius 3 is 2.37 bits per heavy atom. The van der Waals surface area contributed by atoms with Gasteiger partial charge in [-0.15, -0.1) is 0 Å². The van der Waals surface area contributed by atoms with Crippen LogP contribution in [0.3, 0.4) is 0 Å². The largest absolute Gasteiger partial charge is 0.444 e. The third-order valence-corrected chi connectivity index (χ3v) is 9.13. The highest BCUT2D eigenvalue weighted by Crippen LogP contribution is 2.37. The minimum absolute atomic E-state index is 0.0916. The van der Waals surface area contributed by atoms with Crippen molar-refractivity contribution in [2.75, 3.05) is 10.6 Å². The second kappa shape index (κ2) is 14.5. The maximum absolute atomic E-state index is 13.5. The van der Waals surface area contributed by atoms with Crippen LogP contribution in [0.2, 0.25) is 0 Å². The summed E-state index contributed by atoms with van der Waals surface area (Å²) in [6.45, 7) is 11.8. The van der Waals surface area contributed by atoms with Crippen LogP contribution in [0.4, 0.5) is 22.0 Å². The molecule has 4 aromatic rings. The lowest BCUT2D eigenvalue weighted by atomic mass is 9.84. The quantitative estimate of drug-likeness (QED) is 0.166. The highest BCUT2D eigenvalue weighted by molar-refractivity contribution is 7.99.